The predicted octanol–water partition coefficient (Wildman–Crippen LogP) is 4.00. The van der Waals surface area contributed by atoms with Crippen molar-refractivity contribution in [1.82, 2.24) is 29.5 Å². The lowest BCUT2D eigenvalue weighted by Gasteiger charge is -2.37. The van der Waals surface area contributed by atoms with Crippen LogP contribution in [-0.4, -0.2) is 115 Å². The van der Waals surface area contributed by atoms with Gasteiger partial charge in [-0.15, -0.1) is 0 Å². The van der Waals surface area contributed by atoms with Gasteiger partial charge in [-0.2, -0.15) is 0 Å². The Bertz CT molecular complexity index is 2360. The number of hydrogen-bond donors (Lipinski definition) is 3. The number of allylic oxidation sites excluding steroid dienone is 1. The zero-order valence-corrected chi connectivity index (χ0v) is 37.8. The number of aromatic nitrogens is 1. The molecular formula is C43H60N6O10S2. The lowest BCUT2D eigenvalue weighted by Crippen LogP contribution is -2.58. The molecule has 1 unspecified atom stereocenters. The molecule has 1 aromatic heterocycles. The first-order chi connectivity index (χ1) is 28.5. The fourth-order valence-electron chi connectivity index (χ4n) is 8.80. The number of amides is 4. The fourth-order valence-corrected chi connectivity index (χ4v) is 10.5. The summed E-state index contributed by atoms with van der Waals surface area (Å²) in [5, 5.41) is 6.67. The van der Waals surface area contributed by atoms with Crippen LogP contribution < -0.4 is 20.1 Å². The van der Waals surface area contributed by atoms with E-state index in [1.807, 2.05) is 64.1 Å². The third kappa shape index (κ3) is 9.13. The molecule has 4 heterocycles. The maximum atomic E-state index is 15.0. The summed E-state index contributed by atoms with van der Waals surface area (Å²) in [5.41, 5.74) is -0.784. The van der Waals surface area contributed by atoms with Crippen LogP contribution in [0.3, 0.4) is 0 Å². The molecule has 0 radical (unpaired) electrons. The van der Waals surface area contributed by atoms with Crippen LogP contribution in [0.4, 0.5) is 4.79 Å². The van der Waals surface area contributed by atoms with Crippen LogP contribution in [0.25, 0.3) is 10.9 Å². The molecule has 1 spiro atoms. The largest absolute Gasteiger partial charge is 0.483 e. The number of aryl methyl sites for hydroxylation is 2. The fraction of sp³-hybridized carbons (Fsp3) is 0.651. The van der Waals surface area contributed by atoms with Gasteiger partial charge in [-0.1, -0.05) is 64.0 Å². The molecule has 61 heavy (non-hydrogen) atoms. The van der Waals surface area contributed by atoms with E-state index in [0.29, 0.717) is 56.4 Å². The number of carbonyl (C=O) groups excluding carboxylic acids is 4. The molecular weight excluding hydrogens is 825 g/mol. The van der Waals surface area contributed by atoms with E-state index in [1.54, 1.807) is 6.92 Å². The number of hydrogen-bond acceptors (Lipinski definition) is 11. The van der Waals surface area contributed by atoms with Gasteiger partial charge in [-0.05, 0) is 71.3 Å². The van der Waals surface area contributed by atoms with Gasteiger partial charge in [-0.3, -0.25) is 19.1 Å². The van der Waals surface area contributed by atoms with Crippen LogP contribution in [0.5, 0.6) is 5.75 Å². The minimum Gasteiger partial charge on any atom is -0.483 e. The maximum absolute atomic E-state index is 15.0. The quantitative estimate of drug-likeness (QED) is 0.323. The molecule has 1 aromatic carbocycles. The monoisotopic (exact) mass is 884 g/mol. The highest BCUT2D eigenvalue weighted by atomic mass is 32.2. The average Bonchev–Trinajstić information content (AvgIpc) is 4.07. The van der Waals surface area contributed by atoms with Crippen molar-refractivity contribution in [3.63, 3.8) is 0 Å². The van der Waals surface area contributed by atoms with Crippen LogP contribution in [0.2, 0.25) is 0 Å². The van der Waals surface area contributed by atoms with Crippen LogP contribution in [0, 0.1) is 18.3 Å². The van der Waals surface area contributed by atoms with E-state index in [4.69, 9.17) is 14.5 Å². The van der Waals surface area contributed by atoms with E-state index in [0.717, 1.165) is 33.4 Å². The van der Waals surface area contributed by atoms with E-state index < -0.39 is 89.3 Å². The predicted molar refractivity (Wildman–Crippen MR) is 228 cm³/mol. The second kappa shape index (κ2) is 16.1. The Kier molecular flexibility index (Phi) is 11.8. The number of para-hydroxylation sites is 1. The van der Waals surface area contributed by atoms with Crippen LogP contribution >= 0.6 is 0 Å². The third-order valence-corrected chi connectivity index (χ3v) is 16.8. The van der Waals surface area contributed by atoms with Gasteiger partial charge in [-0.25, -0.2) is 30.9 Å². The van der Waals surface area contributed by atoms with Gasteiger partial charge in [0, 0.05) is 35.8 Å². The van der Waals surface area contributed by atoms with Gasteiger partial charge in [0.25, 0.3) is 5.91 Å². The summed E-state index contributed by atoms with van der Waals surface area (Å²) < 4.78 is 66.2. The summed E-state index contributed by atoms with van der Waals surface area (Å²) >= 11 is 0. The highest BCUT2D eigenvalue weighted by molar-refractivity contribution is 7.91. The number of nitrogens with zero attached hydrogens (tertiary/aromatic N) is 3. The van der Waals surface area contributed by atoms with E-state index in [1.165, 1.54) is 11.9 Å². The van der Waals surface area contributed by atoms with Gasteiger partial charge in [0.2, 0.25) is 31.9 Å². The normalized spacial score (nSPS) is 28.9. The number of ether oxygens (including phenoxy) is 2. The van der Waals surface area contributed by atoms with E-state index in [2.05, 4.69) is 15.4 Å². The number of likely N-dealkylation sites (N-methyl/N-ethyl adjacent to an activating group) is 1. The number of pyridine rings is 1. The Morgan fingerprint density at radius 3 is 2.49 bits per heavy atom. The second-order valence-electron chi connectivity index (χ2n) is 19.2. The van der Waals surface area contributed by atoms with Crippen molar-refractivity contribution in [3.05, 3.63) is 47.7 Å². The first-order valence-electron chi connectivity index (χ1n) is 21.3. The number of carbonyl (C=O) groups is 4. The molecule has 2 aliphatic carbocycles. The van der Waals surface area contributed by atoms with Gasteiger partial charge in [0.05, 0.1) is 35.3 Å². The Balaban J connectivity index is 1.21. The van der Waals surface area contributed by atoms with Crippen LogP contribution in [0.1, 0.15) is 103 Å². The van der Waals surface area contributed by atoms with Crippen LogP contribution in [0.15, 0.2) is 36.4 Å². The van der Waals surface area contributed by atoms with Gasteiger partial charge in [0.1, 0.15) is 35.1 Å². The Labute approximate surface area is 359 Å². The standard InChI is InChI=1S/C43H60N6O10S2/c1-27-35-30(29-16-13-14-17-31(29)44-27)19-20-42(59-35)24-33-36(50)46-43(38(52)47-61(56,57)41(5)21-22-41)23-28(43)15-11-9-8-10-12-18-32(37(51)49(33)26-42)45-39(53)58-34(40(2,3)4)25-48(6)60(7,54)55/h11,13-17,28,32-34H,8-10,12,18-26H2,1-7H3,(H,45,53)(H,46,50)(H,47,52)/b15-11-/t28-,32+,33+,34?,42-,43-/m1/s1. The van der Waals surface area contributed by atoms with Crippen molar-refractivity contribution in [2.24, 2.45) is 11.3 Å². The molecule has 3 aliphatic heterocycles. The van der Waals surface area contributed by atoms with Crippen molar-refractivity contribution < 1.29 is 45.5 Å². The highest BCUT2D eigenvalue weighted by Gasteiger charge is 2.64. The van der Waals surface area contributed by atoms with Gasteiger partial charge < -0.3 is 25.0 Å². The number of benzene rings is 1. The van der Waals surface area contributed by atoms with Gasteiger partial charge in [0.15, 0.2) is 0 Å². The molecule has 2 saturated carbocycles. The Morgan fingerprint density at radius 2 is 1.80 bits per heavy atom. The minimum atomic E-state index is -4.03. The van der Waals surface area contributed by atoms with E-state index in [-0.39, 0.29) is 32.4 Å². The number of alkyl carbamates (subject to hydrolysis) is 1. The smallest absolute Gasteiger partial charge is 0.408 e. The van der Waals surface area contributed by atoms with Crippen molar-refractivity contribution in [3.8, 4) is 5.75 Å². The first-order valence-corrected chi connectivity index (χ1v) is 24.6. The van der Waals surface area contributed by atoms with Crippen molar-refractivity contribution in [2.45, 2.75) is 139 Å². The lowest BCUT2D eigenvalue weighted by atomic mass is 9.87. The molecule has 0 bridgehead atoms. The molecule has 1 saturated heterocycles. The molecule has 7 rings (SSSR count). The summed E-state index contributed by atoms with van der Waals surface area (Å²) in [5.74, 6) is -1.87. The zero-order valence-electron chi connectivity index (χ0n) is 36.2. The molecule has 334 valence electrons. The summed E-state index contributed by atoms with van der Waals surface area (Å²) in [6, 6.07) is 5.50. The summed E-state index contributed by atoms with van der Waals surface area (Å²) in [7, 11) is -6.23. The number of fused-ring (bicyclic) bond motifs is 5. The number of rotatable bonds is 8. The SMILES string of the molecule is Cc1nc2ccccc2c2c1O[C@]1(CC2)C[C@H]2C(=O)N[C@]3(C(=O)NS(=O)(=O)C4(C)CC4)C[C@H]3/C=C\CCCCC[C@H](NC(=O)OC(CN(C)S(C)(=O)=O)C(C)(C)C)C(=O)N2C1. The van der Waals surface area contributed by atoms with Crippen LogP contribution in [-0.2, 0) is 45.6 Å². The molecule has 6 atom stereocenters. The third-order valence-electron chi connectivity index (χ3n) is 13.4. The second-order valence-corrected chi connectivity index (χ2v) is 23.5. The molecule has 5 aliphatic rings. The Morgan fingerprint density at radius 1 is 1.08 bits per heavy atom. The van der Waals surface area contributed by atoms with Crippen molar-refractivity contribution in [1.29, 1.82) is 0 Å². The molecule has 3 N–H and O–H groups in total. The summed E-state index contributed by atoms with van der Waals surface area (Å²) in [6.07, 6.45) is 8.05. The number of nitrogens with one attached hydrogen (secondary N) is 3. The first kappa shape index (κ1) is 44.8. The average molecular weight is 885 g/mol. The molecule has 16 nitrogen and oxygen atoms in total. The topological polar surface area (TPSA) is 210 Å². The highest BCUT2D eigenvalue weighted by Crippen LogP contribution is 2.49. The Hall–Kier alpha value is -4.29. The maximum Gasteiger partial charge on any atom is 0.408 e. The van der Waals surface area contributed by atoms with Crippen molar-refractivity contribution in [2.75, 3.05) is 26.4 Å². The molecule has 2 aromatic rings. The summed E-state index contributed by atoms with van der Waals surface area (Å²) in [6.45, 7) is 8.78. The zero-order chi connectivity index (χ0) is 44.3. The van der Waals surface area contributed by atoms with E-state index in [9.17, 15) is 31.2 Å². The van der Waals surface area contributed by atoms with E-state index >= 15 is 4.79 Å². The molecule has 3 fully saturated rings. The minimum absolute atomic E-state index is 0.0120. The number of sulfonamides is 2. The van der Waals surface area contributed by atoms with Gasteiger partial charge >= 0.3 is 6.09 Å². The van der Waals surface area contributed by atoms with Crippen molar-refractivity contribution >= 4 is 54.8 Å². The lowest BCUT2D eigenvalue weighted by molar-refractivity contribution is -0.141. The molecule has 4 amide bonds. The molecule has 18 heteroatoms. The summed E-state index contributed by atoms with van der Waals surface area (Å²) in [4.78, 5) is 63.8.